The second-order valence-corrected chi connectivity index (χ2v) is 9.87. The van der Waals surface area contributed by atoms with Gasteiger partial charge in [-0.05, 0) is 63.1 Å². The first kappa shape index (κ1) is 23.9. The fourth-order valence-electron chi connectivity index (χ4n) is 4.70. The third-order valence-corrected chi connectivity index (χ3v) is 6.26. The molecule has 180 valence electrons. The number of ether oxygens (including phenoxy) is 2. The number of aromatic amines is 1. The number of rotatable bonds is 5. The van der Waals surface area contributed by atoms with Crippen LogP contribution < -0.4 is 0 Å². The minimum absolute atomic E-state index is 0.251. The number of aromatic nitrogens is 1. The van der Waals surface area contributed by atoms with Crippen LogP contribution in [0.3, 0.4) is 0 Å². The fourth-order valence-corrected chi connectivity index (χ4v) is 4.70. The summed E-state index contributed by atoms with van der Waals surface area (Å²) in [5.41, 5.74) is 4.32. The molecule has 6 heteroatoms. The van der Waals surface area contributed by atoms with Gasteiger partial charge >= 0.3 is 12.1 Å². The van der Waals surface area contributed by atoms with Crippen LogP contribution in [0.15, 0.2) is 48.5 Å². The number of piperidine rings is 1. The number of fused-ring (bicyclic) bond motifs is 1. The molecule has 0 spiro atoms. The highest BCUT2D eigenvalue weighted by Gasteiger charge is 2.29. The van der Waals surface area contributed by atoms with Crippen LogP contribution in [0, 0.1) is 0 Å². The molecule has 6 nitrogen and oxygen atoms in total. The van der Waals surface area contributed by atoms with Gasteiger partial charge in [0.15, 0.2) is 0 Å². The maximum absolute atomic E-state index is 12.8. The van der Waals surface area contributed by atoms with Crippen LogP contribution in [0.4, 0.5) is 4.79 Å². The number of carbonyl (C=O) groups excluding carboxylic acids is 2. The van der Waals surface area contributed by atoms with Crippen LogP contribution in [0.2, 0.25) is 0 Å². The molecule has 1 aliphatic heterocycles. The number of amides is 1. The van der Waals surface area contributed by atoms with Crippen molar-refractivity contribution in [1.82, 2.24) is 9.88 Å². The molecule has 0 bridgehead atoms. The van der Waals surface area contributed by atoms with Crippen molar-refractivity contribution in [2.75, 3.05) is 19.7 Å². The van der Waals surface area contributed by atoms with Crippen LogP contribution in [0.1, 0.15) is 73.6 Å². The molecule has 4 rings (SSSR count). The lowest BCUT2D eigenvalue weighted by Crippen LogP contribution is -2.41. The lowest BCUT2D eigenvalue weighted by atomic mass is 9.88. The van der Waals surface area contributed by atoms with Gasteiger partial charge in [-0.25, -0.2) is 9.59 Å². The summed E-state index contributed by atoms with van der Waals surface area (Å²) in [6, 6.07) is 16.4. The Bertz CT molecular complexity index is 1150. The molecule has 0 unspecified atom stereocenters. The third kappa shape index (κ3) is 5.27. The highest BCUT2D eigenvalue weighted by molar-refractivity contribution is 5.99. The second-order valence-electron chi connectivity index (χ2n) is 9.87. The Hall–Kier alpha value is -3.28. The minimum Gasteiger partial charge on any atom is -0.461 e. The van der Waals surface area contributed by atoms with Gasteiger partial charge in [-0.2, -0.15) is 0 Å². The summed E-state index contributed by atoms with van der Waals surface area (Å²) < 4.78 is 10.9. The normalized spacial score (nSPS) is 14.9. The van der Waals surface area contributed by atoms with E-state index in [1.54, 1.807) is 4.90 Å². The van der Waals surface area contributed by atoms with E-state index in [-0.39, 0.29) is 12.1 Å². The van der Waals surface area contributed by atoms with E-state index in [2.05, 4.69) is 35.3 Å². The number of esters is 1. The zero-order valence-electron chi connectivity index (χ0n) is 20.5. The molecule has 2 aromatic carbocycles. The molecule has 0 saturated carbocycles. The smallest absolute Gasteiger partial charge is 0.410 e. The van der Waals surface area contributed by atoms with Crippen molar-refractivity contribution in [3.05, 3.63) is 70.9 Å². The van der Waals surface area contributed by atoms with Gasteiger partial charge in [0.1, 0.15) is 11.3 Å². The minimum atomic E-state index is -0.498. The fraction of sp³-hybridized carbons (Fsp3) is 0.429. The third-order valence-electron chi connectivity index (χ3n) is 6.26. The molecular formula is C28H34N2O4. The number of carbonyl (C=O) groups is 2. The van der Waals surface area contributed by atoms with E-state index in [0.29, 0.717) is 37.7 Å². The van der Waals surface area contributed by atoms with Gasteiger partial charge in [0.05, 0.1) is 6.61 Å². The molecular weight excluding hydrogens is 428 g/mol. The van der Waals surface area contributed by atoms with Crippen molar-refractivity contribution in [3.8, 4) is 0 Å². The molecule has 34 heavy (non-hydrogen) atoms. The maximum Gasteiger partial charge on any atom is 0.410 e. The first-order chi connectivity index (χ1) is 16.3. The standard InChI is InChI=1S/C28H34N2O4/c1-5-33-26(31)25-23(18-19-10-7-6-8-11-19)22-13-9-12-21(24(22)29-25)20-14-16-30(17-15-20)27(32)34-28(2,3)4/h6-13,20,29H,5,14-18H2,1-4H3. The Balaban J connectivity index is 1.63. The number of para-hydroxylation sites is 1. The lowest BCUT2D eigenvalue weighted by Gasteiger charge is -2.33. The van der Waals surface area contributed by atoms with Crippen LogP contribution >= 0.6 is 0 Å². The van der Waals surface area contributed by atoms with Crippen LogP contribution in [0.5, 0.6) is 0 Å². The van der Waals surface area contributed by atoms with Crippen LogP contribution in [-0.4, -0.2) is 47.2 Å². The van der Waals surface area contributed by atoms with Crippen molar-refractivity contribution in [2.45, 2.75) is 58.5 Å². The van der Waals surface area contributed by atoms with Gasteiger partial charge in [0, 0.05) is 30.4 Å². The average Bonchev–Trinajstić information content (AvgIpc) is 3.17. The zero-order chi connectivity index (χ0) is 24.3. The molecule has 1 N–H and O–H groups in total. The Labute approximate surface area is 201 Å². The first-order valence-corrected chi connectivity index (χ1v) is 12.1. The Morgan fingerprint density at radius 2 is 1.74 bits per heavy atom. The number of benzene rings is 2. The van der Waals surface area contributed by atoms with Crippen LogP contribution in [0.25, 0.3) is 10.9 Å². The Morgan fingerprint density at radius 1 is 1.03 bits per heavy atom. The number of nitrogens with one attached hydrogen (secondary N) is 1. The van der Waals surface area contributed by atoms with Gasteiger partial charge in [-0.1, -0.05) is 48.5 Å². The predicted octanol–water partition coefficient (Wildman–Crippen LogP) is 6.05. The average molecular weight is 463 g/mol. The molecule has 0 radical (unpaired) electrons. The van der Waals surface area contributed by atoms with E-state index < -0.39 is 5.60 Å². The number of hydrogen-bond acceptors (Lipinski definition) is 4. The van der Waals surface area contributed by atoms with E-state index >= 15 is 0 Å². The molecule has 1 fully saturated rings. The van der Waals surface area contributed by atoms with Crippen molar-refractivity contribution >= 4 is 23.0 Å². The van der Waals surface area contributed by atoms with Crippen LogP contribution in [-0.2, 0) is 15.9 Å². The SMILES string of the molecule is CCOC(=O)c1[nH]c2c(C3CCN(C(=O)OC(C)(C)C)CC3)cccc2c1Cc1ccccc1. The molecule has 3 aromatic rings. The summed E-state index contributed by atoms with van der Waals surface area (Å²) in [5.74, 6) is -0.0315. The summed E-state index contributed by atoms with van der Waals surface area (Å²) >= 11 is 0. The first-order valence-electron chi connectivity index (χ1n) is 12.1. The van der Waals surface area contributed by atoms with E-state index in [9.17, 15) is 9.59 Å². The highest BCUT2D eigenvalue weighted by Crippen LogP contribution is 2.36. The topological polar surface area (TPSA) is 71.6 Å². The van der Waals surface area contributed by atoms with E-state index in [1.165, 1.54) is 5.56 Å². The number of hydrogen-bond donors (Lipinski definition) is 1. The van der Waals surface area contributed by atoms with Crippen molar-refractivity contribution in [2.24, 2.45) is 0 Å². The summed E-state index contributed by atoms with van der Waals surface area (Å²) in [7, 11) is 0. The molecule has 1 amide bonds. The van der Waals surface area contributed by atoms with E-state index in [4.69, 9.17) is 9.47 Å². The van der Waals surface area contributed by atoms with Crippen molar-refractivity contribution in [3.63, 3.8) is 0 Å². The molecule has 1 aliphatic rings. The van der Waals surface area contributed by atoms with Gasteiger partial charge in [0.2, 0.25) is 0 Å². The summed E-state index contributed by atoms with van der Waals surface area (Å²) in [4.78, 5) is 30.5. The largest absolute Gasteiger partial charge is 0.461 e. The van der Waals surface area contributed by atoms with E-state index in [1.807, 2.05) is 45.9 Å². The van der Waals surface area contributed by atoms with Gasteiger partial charge < -0.3 is 19.4 Å². The molecule has 2 heterocycles. The summed E-state index contributed by atoms with van der Waals surface area (Å²) in [6.45, 7) is 9.11. The Morgan fingerprint density at radius 3 is 2.38 bits per heavy atom. The number of H-pyrrole nitrogens is 1. The second kappa shape index (κ2) is 9.92. The molecule has 1 aromatic heterocycles. The summed E-state index contributed by atoms with van der Waals surface area (Å²) in [6.07, 6.45) is 2.09. The molecule has 0 aliphatic carbocycles. The number of nitrogens with zero attached hydrogens (tertiary/aromatic N) is 1. The Kier molecular flexibility index (Phi) is 6.96. The van der Waals surface area contributed by atoms with Crippen molar-refractivity contribution < 1.29 is 19.1 Å². The quantitative estimate of drug-likeness (QED) is 0.469. The van der Waals surface area contributed by atoms with Gasteiger partial charge in [-0.15, -0.1) is 0 Å². The van der Waals surface area contributed by atoms with E-state index in [0.717, 1.165) is 34.9 Å². The van der Waals surface area contributed by atoms with Gasteiger partial charge in [-0.3, -0.25) is 0 Å². The molecule has 1 saturated heterocycles. The monoisotopic (exact) mass is 462 g/mol. The highest BCUT2D eigenvalue weighted by atomic mass is 16.6. The summed E-state index contributed by atoms with van der Waals surface area (Å²) in [5, 5.41) is 1.05. The predicted molar refractivity (Wildman–Crippen MR) is 133 cm³/mol. The zero-order valence-corrected chi connectivity index (χ0v) is 20.5. The number of likely N-dealkylation sites (tertiary alicyclic amines) is 1. The maximum atomic E-state index is 12.8. The lowest BCUT2D eigenvalue weighted by molar-refractivity contribution is 0.0204. The van der Waals surface area contributed by atoms with Gasteiger partial charge in [0.25, 0.3) is 0 Å². The molecule has 0 atom stereocenters. The van der Waals surface area contributed by atoms with Crippen molar-refractivity contribution in [1.29, 1.82) is 0 Å².